The summed E-state index contributed by atoms with van der Waals surface area (Å²) < 4.78 is 6.20. The number of hydrogen-bond acceptors (Lipinski definition) is 5. The van der Waals surface area contributed by atoms with Crippen LogP contribution >= 0.6 is 22.9 Å². The molecule has 0 unspecified atom stereocenters. The number of halogens is 1. The lowest BCUT2D eigenvalue weighted by molar-refractivity contribution is 0.0751. The van der Waals surface area contributed by atoms with E-state index in [1.165, 1.54) is 11.3 Å². The first-order chi connectivity index (χ1) is 14.1. The lowest BCUT2D eigenvalue weighted by Crippen LogP contribution is -2.48. The van der Waals surface area contributed by atoms with Crippen molar-refractivity contribution in [1.29, 1.82) is 0 Å². The van der Waals surface area contributed by atoms with Crippen LogP contribution in [-0.2, 0) is 0 Å². The van der Waals surface area contributed by atoms with Crippen molar-refractivity contribution >= 4 is 55.6 Å². The van der Waals surface area contributed by atoms with E-state index in [1.54, 1.807) is 12.1 Å². The highest BCUT2D eigenvalue weighted by Crippen LogP contribution is 2.31. The van der Waals surface area contributed by atoms with Crippen LogP contribution in [0.4, 0.5) is 5.69 Å². The molecule has 7 heteroatoms. The number of nitrogens with zero attached hydrogens (tertiary/aromatic N) is 2. The van der Waals surface area contributed by atoms with Crippen molar-refractivity contribution in [2.75, 3.05) is 31.1 Å². The first kappa shape index (κ1) is 18.2. The Kier molecular flexibility index (Phi) is 4.53. The molecule has 146 valence electrons. The topological polar surface area (TPSA) is 53.8 Å². The zero-order valence-electron chi connectivity index (χ0n) is 15.4. The summed E-state index contributed by atoms with van der Waals surface area (Å²) in [7, 11) is 0. The third-order valence-electron chi connectivity index (χ3n) is 5.24. The van der Waals surface area contributed by atoms with Gasteiger partial charge in [0.25, 0.3) is 5.91 Å². The van der Waals surface area contributed by atoms with Crippen LogP contribution in [0.25, 0.3) is 21.1 Å². The number of benzene rings is 2. The summed E-state index contributed by atoms with van der Waals surface area (Å²) in [4.78, 5) is 30.0. The van der Waals surface area contributed by atoms with Crippen LogP contribution in [-0.4, -0.2) is 37.0 Å². The van der Waals surface area contributed by atoms with Gasteiger partial charge in [-0.2, -0.15) is 0 Å². The van der Waals surface area contributed by atoms with Gasteiger partial charge in [-0.05, 0) is 36.4 Å². The van der Waals surface area contributed by atoms with Gasteiger partial charge in [-0.1, -0.05) is 29.8 Å². The van der Waals surface area contributed by atoms with Crippen molar-refractivity contribution in [3.05, 3.63) is 74.9 Å². The van der Waals surface area contributed by atoms with Crippen molar-refractivity contribution < 1.29 is 9.21 Å². The Labute approximate surface area is 175 Å². The Morgan fingerprint density at radius 3 is 2.55 bits per heavy atom. The molecule has 0 bridgehead atoms. The molecule has 0 aliphatic carbocycles. The molecule has 0 saturated carbocycles. The molecule has 29 heavy (non-hydrogen) atoms. The van der Waals surface area contributed by atoms with Crippen LogP contribution in [0.2, 0.25) is 5.02 Å². The van der Waals surface area contributed by atoms with Crippen LogP contribution in [0.3, 0.4) is 0 Å². The molecular formula is C22H17ClN2O3S. The van der Waals surface area contributed by atoms with E-state index in [4.69, 9.17) is 16.0 Å². The number of hydrogen-bond donors (Lipinski definition) is 0. The standard InChI is InChI=1S/C22H17ClN2O3S/c23-14-4-3-5-15(12-14)24-8-10-25(11-9-24)21(26)19-13-17-20(29-19)16-6-1-2-7-18(16)28-22(17)27/h1-7,12-13H,8-11H2. The number of fused-ring (bicyclic) bond motifs is 3. The number of para-hydroxylation sites is 1. The second-order valence-electron chi connectivity index (χ2n) is 7.00. The van der Waals surface area contributed by atoms with Gasteiger partial charge in [-0.25, -0.2) is 4.79 Å². The molecule has 2 aromatic carbocycles. The minimum Gasteiger partial charge on any atom is -0.422 e. The zero-order valence-corrected chi connectivity index (χ0v) is 17.0. The van der Waals surface area contributed by atoms with Gasteiger partial charge < -0.3 is 14.2 Å². The predicted molar refractivity (Wildman–Crippen MR) is 117 cm³/mol. The molecule has 0 spiro atoms. The molecular weight excluding hydrogens is 408 g/mol. The molecule has 1 saturated heterocycles. The molecule has 0 atom stereocenters. The Morgan fingerprint density at radius 1 is 0.966 bits per heavy atom. The van der Waals surface area contributed by atoms with E-state index >= 15 is 0 Å². The van der Waals surface area contributed by atoms with E-state index < -0.39 is 5.63 Å². The third-order valence-corrected chi connectivity index (χ3v) is 6.63. The lowest BCUT2D eigenvalue weighted by atomic mass is 10.2. The summed E-state index contributed by atoms with van der Waals surface area (Å²) in [5.41, 5.74) is 1.20. The maximum absolute atomic E-state index is 13.1. The van der Waals surface area contributed by atoms with Crippen LogP contribution in [0.1, 0.15) is 9.67 Å². The summed E-state index contributed by atoms with van der Waals surface area (Å²) in [5, 5.41) is 2.03. The Bertz CT molecular complexity index is 1290. The molecule has 1 amide bonds. The highest BCUT2D eigenvalue weighted by atomic mass is 35.5. The average Bonchev–Trinajstić information content (AvgIpc) is 3.20. The van der Waals surface area contributed by atoms with Gasteiger partial charge in [0.15, 0.2) is 0 Å². The monoisotopic (exact) mass is 424 g/mol. The van der Waals surface area contributed by atoms with Crippen LogP contribution < -0.4 is 10.5 Å². The molecule has 0 N–H and O–H groups in total. The maximum atomic E-state index is 13.1. The Hall–Kier alpha value is -2.83. The molecule has 1 fully saturated rings. The number of rotatable bonds is 2. The Balaban J connectivity index is 1.40. The van der Waals surface area contributed by atoms with Crippen molar-refractivity contribution in [2.45, 2.75) is 0 Å². The van der Waals surface area contributed by atoms with E-state index in [9.17, 15) is 9.59 Å². The summed E-state index contributed by atoms with van der Waals surface area (Å²) in [6.07, 6.45) is 0. The molecule has 1 aliphatic rings. The minimum absolute atomic E-state index is 0.0413. The van der Waals surface area contributed by atoms with Crippen LogP contribution in [0.15, 0.2) is 63.8 Å². The smallest absolute Gasteiger partial charge is 0.345 e. The fraction of sp³-hybridized carbons (Fsp3) is 0.182. The first-order valence-electron chi connectivity index (χ1n) is 9.35. The molecule has 0 radical (unpaired) electrons. The predicted octanol–water partition coefficient (Wildman–Crippen LogP) is 4.62. The van der Waals surface area contributed by atoms with E-state index in [0.29, 0.717) is 34.0 Å². The van der Waals surface area contributed by atoms with Crippen molar-refractivity contribution in [3.63, 3.8) is 0 Å². The van der Waals surface area contributed by atoms with Gasteiger partial charge >= 0.3 is 5.63 Å². The quantitative estimate of drug-likeness (QED) is 0.440. The summed E-state index contributed by atoms with van der Waals surface area (Å²) >= 11 is 7.45. The number of piperazine rings is 1. The van der Waals surface area contributed by atoms with E-state index in [1.807, 2.05) is 47.4 Å². The highest BCUT2D eigenvalue weighted by molar-refractivity contribution is 7.21. The second-order valence-corrected chi connectivity index (χ2v) is 8.49. The molecule has 5 rings (SSSR count). The Morgan fingerprint density at radius 2 is 1.76 bits per heavy atom. The zero-order chi connectivity index (χ0) is 20.0. The molecule has 5 nitrogen and oxygen atoms in total. The van der Waals surface area contributed by atoms with E-state index in [0.717, 1.165) is 28.9 Å². The second kappa shape index (κ2) is 7.21. The highest BCUT2D eigenvalue weighted by Gasteiger charge is 2.25. The first-order valence-corrected chi connectivity index (χ1v) is 10.5. The van der Waals surface area contributed by atoms with Crippen LogP contribution in [0, 0.1) is 0 Å². The van der Waals surface area contributed by atoms with E-state index in [-0.39, 0.29) is 5.91 Å². The SMILES string of the molecule is O=C(c1cc2c(=O)oc3ccccc3c2s1)N1CCN(c2cccc(Cl)c2)CC1. The van der Waals surface area contributed by atoms with Gasteiger partial charge in [-0.15, -0.1) is 11.3 Å². The molecule has 2 aromatic heterocycles. The number of amides is 1. The van der Waals surface area contributed by atoms with Gasteiger partial charge in [0.2, 0.25) is 0 Å². The summed E-state index contributed by atoms with van der Waals surface area (Å²) in [6.45, 7) is 2.72. The molecule has 3 heterocycles. The van der Waals surface area contributed by atoms with Crippen LogP contribution in [0.5, 0.6) is 0 Å². The number of carbonyl (C=O) groups excluding carboxylic acids is 1. The van der Waals surface area contributed by atoms with Crippen molar-refractivity contribution in [2.24, 2.45) is 0 Å². The number of thiophene rings is 1. The van der Waals surface area contributed by atoms with E-state index in [2.05, 4.69) is 4.90 Å². The number of carbonyl (C=O) groups is 1. The summed E-state index contributed by atoms with van der Waals surface area (Å²) in [5.74, 6) is -0.0413. The minimum atomic E-state index is -0.403. The van der Waals surface area contributed by atoms with Gasteiger partial charge in [0.1, 0.15) is 5.58 Å². The fourth-order valence-electron chi connectivity index (χ4n) is 3.74. The largest absolute Gasteiger partial charge is 0.422 e. The average molecular weight is 425 g/mol. The normalized spacial score (nSPS) is 14.7. The molecule has 1 aliphatic heterocycles. The third kappa shape index (κ3) is 3.28. The van der Waals surface area contributed by atoms with Gasteiger partial charge in [-0.3, -0.25) is 4.79 Å². The molecule has 4 aromatic rings. The maximum Gasteiger partial charge on any atom is 0.345 e. The van der Waals surface area contributed by atoms with Crippen molar-refractivity contribution in [1.82, 2.24) is 4.90 Å². The van der Waals surface area contributed by atoms with Gasteiger partial charge in [0.05, 0.1) is 15.0 Å². The fourth-order valence-corrected chi connectivity index (χ4v) is 5.07. The number of anilines is 1. The van der Waals surface area contributed by atoms with Gasteiger partial charge in [0, 0.05) is 42.3 Å². The lowest BCUT2D eigenvalue weighted by Gasteiger charge is -2.36. The summed E-state index contributed by atoms with van der Waals surface area (Å²) in [6, 6.07) is 16.8. The van der Waals surface area contributed by atoms with Crippen molar-refractivity contribution in [3.8, 4) is 0 Å².